The minimum Gasteiger partial charge on any atom is -0.480 e. The molecule has 0 saturated carbocycles. The molecule has 4 unspecified atom stereocenters. The molecule has 3 amide bonds. The van der Waals surface area contributed by atoms with Gasteiger partial charge in [0.25, 0.3) is 0 Å². The van der Waals surface area contributed by atoms with Crippen LogP contribution >= 0.6 is 0 Å². The van der Waals surface area contributed by atoms with E-state index in [0.29, 0.717) is 12.0 Å². The number of H-pyrrole nitrogens is 1. The van der Waals surface area contributed by atoms with Crippen LogP contribution in [0.1, 0.15) is 29.5 Å². The molecule has 0 spiro atoms. The van der Waals surface area contributed by atoms with Gasteiger partial charge in [-0.1, -0.05) is 78.9 Å². The molecule has 252 valence electrons. The Hall–Kier alpha value is -5.69. The van der Waals surface area contributed by atoms with Crippen molar-refractivity contribution in [2.24, 2.45) is 22.2 Å². The van der Waals surface area contributed by atoms with Crippen LogP contribution in [-0.4, -0.2) is 70.5 Å². The van der Waals surface area contributed by atoms with E-state index in [2.05, 4.69) is 25.9 Å². The van der Waals surface area contributed by atoms with Gasteiger partial charge in [0.1, 0.15) is 18.1 Å². The predicted octanol–water partition coefficient (Wildman–Crippen LogP) is 1.12. The summed E-state index contributed by atoms with van der Waals surface area (Å²) in [5, 5.41) is 18.9. The lowest BCUT2D eigenvalue weighted by Crippen LogP contribution is -2.58. The number of aliphatic imine (C=N–C) groups is 1. The standard InChI is InChI=1S/C35H42N8O5/c36-26(18-22-10-3-1-4-11-22)31(44)42-29(19-23-12-5-2-6-13-23)33(46)41-28(16-9-17-39-35(37)38)32(45)43-30(34(47)48)20-24-21-40-27-15-8-7-14-25(24)27/h1-8,10-15,21,26,28-30,40H,9,16-20,36H2,(H,41,46)(H,42,44)(H,43,45)(H,47,48)(H4,37,38,39). The molecule has 11 N–H and O–H groups in total. The summed E-state index contributed by atoms with van der Waals surface area (Å²) in [5.74, 6) is -3.23. The number of aliphatic carboxylic acids is 1. The second kappa shape index (κ2) is 17.3. The van der Waals surface area contributed by atoms with Gasteiger partial charge in [-0.05, 0) is 42.0 Å². The van der Waals surface area contributed by atoms with E-state index in [1.54, 1.807) is 6.20 Å². The Morgan fingerprint density at radius 3 is 1.92 bits per heavy atom. The van der Waals surface area contributed by atoms with Crippen molar-refractivity contribution in [2.75, 3.05) is 6.54 Å². The number of hydrogen-bond donors (Lipinski definition) is 8. The first-order valence-corrected chi connectivity index (χ1v) is 15.7. The Bertz CT molecular complexity index is 1710. The molecular weight excluding hydrogens is 612 g/mol. The van der Waals surface area contributed by atoms with Gasteiger partial charge in [0.2, 0.25) is 17.7 Å². The van der Waals surface area contributed by atoms with Gasteiger partial charge < -0.3 is 43.2 Å². The zero-order chi connectivity index (χ0) is 34.5. The van der Waals surface area contributed by atoms with E-state index in [1.807, 2.05) is 84.9 Å². The van der Waals surface area contributed by atoms with Gasteiger partial charge in [0.15, 0.2) is 5.96 Å². The van der Waals surface area contributed by atoms with Gasteiger partial charge in [0, 0.05) is 36.5 Å². The Morgan fingerprint density at radius 2 is 1.27 bits per heavy atom. The summed E-state index contributed by atoms with van der Waals surface area (Å²) in [6.07, 6.45) is 2.49. The lowest BCUT2D eigenvalue weighted by Gasteiger charge is -2.25. The van der Waals surface area contributed by atoms with Gasteiger partial charge in [-0.25, -0.2) is 4.79 Å². The van der Waals surface area contributed by atoms with Crippen LogP contribution in [0.5, 0.6) is 0 Å². The van der Waals surface area contributed by atoms with Crippen molar-refractivity contribution in [3.8, 4) is 0 Å². The number of benzene rings is 3. The molecule has 3 aromatic carbocycles. The largest absolute Gasteiger partial charge is 0.480 e. The minimum absolute atomic E-state index is 0.00570. The van der Waals surface area contributed by atoms with Crippen LogP contribution in [0.4, 0.5) is 0 Å². The van der Waals surface area contributed by atoms with Gasteiger partial charge in [-0.3, -0.25) is 19.4 Å². The normalized spacial score (nSPS) is 13.4. The molecule has 1 aromatic heterocycles. The highest BCUT2D eigenvalue weighted by atomic mass is 16.4. The molecule has 1 heterocycles. The van der Waals surface area contributed by atoms with Crippen molar-refractivity contribution in [1.82, 2.24) is 20.9 Å². The Balaban J connectivity index is 1.51. The van der Waals surface area contributed by atoms with Crippen LogP contribution in [0.15, 0.2) is 96.1 Å². The Labute approximate surface area is 278 Å². The number of amides is 3. The number of rotatable bonds is 17. The van der Waals surface area contributed by atoms with Crippen LogP contribution in [0.3, 0.4) is 0 Å². The number of nitrogens with two attached hydrogens (primary N) is 3. The molecule has 0 aliphatic rings. The van der Waals surface area contributed by atoms with E-state index in [0.717, 1.165) is 22.0 Å². The monoisotopic (exact) mass is 654 g/mol. The maximum Gasteiger partial charge on any atom is 0.326 e. The Kier molecular flexibility index (Phi) is 12.7. The third-order valence-electron chi connectivity index (χ3n) is 7.84. The number of carbonyl (C=O) groups is 4. The van der Waals surface area contributed by atoms with E-state index < -0.39 is 47.9 Å². The van der Waals surface area contributed by atoms with Crippen molar-refractivity contribution in [3.63, 3.8) is 0 Å². The van der Waals surface area contributed by atoms with Crippen LogP contribution in [0, 0.1) is 0 Å². The smallest absolute Gasteiger partial charge is 0.326 e. The minimum atomic E-state index is -1.29. The number of nitrogens with zero attached hydrogens (tertiary/aromatic N) is 1. The van der Waals surface area contributed by atoms with Gasteiger partial charge in [0.05, 0.1) is 6.04 Å². The number of nitrogens with one attached hydrogen (secondary N) is 4. The SMILES string of the molecule is NC(N)=NCCCC(NC(=O)C(Cc1ccccc1)NC(=O)C(N)Cc1ccccc1)C(=O)NC(Cc1c[nH]c2ccccc12)C(=O)O. The number of fused-ring (bicyclic) bond motifs is 1. The number of carboxylic acids is 1. The van der Waals surface area contributed by atoms with Crippen molar-refractivity contribution in [2.45, 2.75) is 56.3 Å². The summed E-state index contributed by atoms with van der Waals surface area (Å²) < 4.78 is 0. The quantitative estimate of drug-likeness (QED) is 0.0466. The van der Waals surface area contributed by atoms with Crippen molar-refractivity contribution < 1.29 is 24.3 Å². The van der Waals surface area contributed by atoms with Gasteiger partial charge in [-0.15, -0.1) is 0 Å². The van der Waals surface area contributed by atoms with Crippen molar-refractivity contribution >= 4 is 40.6 Å². The van der Waals surface area contributed by atoms with Crippen molar-refractivity contribution in [3.05, 3.63) is 108 Å². The summed E-state index contributed by atoms with van der Waals surface area (Å²) in [4.78, 5) is 60.0. The fourth-order valence-corrected chi connectivity index (χ4v) is 5.34. The third-order valence-corrected chi connectivity index (χ3v) is 7.84. The molecule has 0 bridgehead atoms. The summed E-state index contributed by atoms with van der Waals surface area (Å²) in [7, 11) is 0. The highest BCUT2D eigenvalue weighted by Gasteiger charge is 2.31. The summed E-state index contributed by atoms with van der Waals surface area (Å²) in [6.45, 7) is 0.179. The lowest BCUT2D eigenvalue weighted by molar-refractivity contribution is -0.142. The molecule has 0 radical (unpaired) electrons. The Morgan fingerprint density at radius 1 is 0.708 bits per heavy atom. The average Bonchev–Trinajstić information content (AvgIpc) is 3.48. The number of aromatic amines is 1. The molecule has 48 heavy (non-hydrogen) atoms. The summed E-state index contributed by atoms with van der Waals surface area (Å²) in [6, 6.07) is 21.3. The molecule has 0 aliphatic carbocycles. The van der Waals surface area contributed by atoms with Crippen LogP contribution in [0.25, 0.3) is 10.9 Å². The molecule has 0 saturated heterocycles. The fourth-order valence-electron chi connectivity index (χ4n) is 5.34. The van der Waals surface area contributed by atoms with E-state index in [4.69, 9.17) is 17.2 Å². The molecule has 4 atom stereocenters. The lowest BCUT2D eigenvalue weighted by atomic mass is 10.0. The first-order chi connectivity index (χ1) is 23.1. The highest BCUT2D eigenvalue weighted by Crippen LogP contribution is 2.19. The second-order valence-corrected chi connectivity index (χ2v) is 11.5. The van der Waals surface area contributed by atoms with Crippen LogP contribution in [0.2, 0.25) is 0 Å². The second-order valence-electron chi connectivity index (χ2n) is 11.5. The predicted molar refractivity (Wildman–Crippen MR) is 184 cm³/mol. The summed E-state index contributed by atoms with van der Waals surface area (Å²) >= 11 is 0. The number of aromatic nitrogens is 1. The average molecular weight is 655 g/mol. The van der Waals surface area contributed by atoms with E-state index in [9.17, 15) is 24.3 Å². The third kappa shape index (κ3) is 10.4. The molecule has 13 heteroatoms. The van der Waals surface area contributed by atoms with E-state index in [-0.39, 0.29) is 38.2 Å². The molecule has 4 aromatic rings. The molecule has 0 fully saturated rings. The summed E-state index contributed by atoms with van der Waals surface area (Å²) in [5.41, 5.74) is 20.3. The fraction of sp³-hybridized carbons (Fsp3) is 0.286. The zero-order valence-electron chi connectivity index (χ0n) is 26.5. The number of para-hydroxylation sites is 1. The first-order valence-electron chi connectivity index (χ1n) is 15.7. The van der Waals surface area contributed by atoms with Crippen molar-refractivity contribution in [1.29, 1.82) is 0 Å². The maximum atomic E-state index is 13.8. The number of carbonyl (C=O) groups excluding carboxylic acids is 3. The van der Waals surface area contributed by atoms with E-state index >= 15 is 0 Å². The molecule has 13 nitrogen and oxygen atoms in total. The maximum absolute atomic E-state index is 13.8. The highest BCUT2D eigenvalue weighted by molar-refractivity contribution is 5.94. The first kappa shape index (κ1) is 35.2. The zero-order valence-corrected chi connectivity index (χ0v) is 26.5. The molecule has 4 rings (SSSR count). The molecular formula is C35H42N8O5. The van der Waals surface area contributed by atoms with E-state index in [1.165, 1.54) is 0 Å². The van der Waals surface area contributed by atoms with Crippen LogP contribution < -0.4 is 33.2 Å². The topological polar surface area (TPSA) is 231 Å². The number of hydrogen-bond acceptors (Lipinski definition) is 6. The number of carboxylic acid groups (broad SMARTS) is 1. The van der Waals surface area contributed by atoms with Gasteiger partial charge >= 0.3 is 5.97 Å². The van der Waals surface area contributed by atoms with Gasteiger partial charge in [-0.2, -0.15) is 0 Å². The van der Waals surface area contributed by atoms with Crippen LogP contribution in [-0.2, 0) is 38.4 Å². The molecule has 0 aliphatic heterocycles. The number of guanidine groups is 1.